The fourth-order valence-corrected chi connectivity index (χ4v) is 3.71. The Bertz CT molecular complexity index is 224. The Kier molecular flexibility index (Phi) is 3.99. The number of nitrogens with one attached hydrogen (secondary N) is 1. The highest BCUT2D eigenvalue weighted by Crippen LogP contribution is 2.27. The molecule has 0 atom stereocenters. The molecule has 0 aromatic rings. The monoisotopic (exact) mass is 237 g/mol. The first kappa shape index (κ1) is 11.9. The second-order valence-corrected chi connectivity index (χ2v) is 6.16. The second-order valence-electron chi connectivity index (χ2n) is 6.16. The van der Waals surface area contributed by atoms with E-state index in [1.165, 1.54) is 77.9 Å². The molecule has 0 radical (unpaired) electrons. The maximum absolute atomic E-state index is 3.49. The van der Waals surface area contributed by atoms with Crippen LogP contribution in [0.3, 0.4) is 0 Å². The van der Waals surface area contributed by atoms with Gasteiger partial charge in [-0.3, -0.25) is 9.80 Å². The Morgan fingerprint density at radius 1 is 0.941 bits per heavy atom. The van der Waals surface area contributed by atoms with Crippen LogP contribution in [0, 0.1) is 5.92 Å². The zero-order chi connectivity index (χ0) is 11.5. The van der Waals surface area contributed by atoms with Crippen LogP contribution in [0.5, 0.6) is 0 Å². The number of hydrogen-bond donors (Lipinski definition) is 1. The molecule has 3 rings (SSSR count). The molecule has 0 spiro atoms. The highest BCUT2D eigenvalue weighted by Gasteiger charge is 2.33. The van der Waals surface area contributed by atoms with Crippen molar-refractivity contribution in [3.63, 3.8) is 0 Å². The minimum atomic E-state index is 0.872. The first-order valence-corrected chi connectivity index (χ1v) is 7.59. The quantitative estimate of drug-likeness (QED) is 0.794. The highest BCUT2D eigenvalue weighted by molar-refractivity contribution is 4.90. The molecule has 3 fully saturated rings. The molecule has 2 heterocycles. The van der Waals surface area contributed by atoms with Gasteiger partial charge in [-0.05, 0) is 38.3 Å². The van der Waals surface area contributed by atoms with Gasteiger partial charge in [0.25, 0.3) is 0 Å². The van der Waals surface area contributed by atoms with Gasteiger partial charge in [0.05, 0.1) is 0 Å². The molecule has 1 aliphatic carbocycles. The third kappa shape index (κ3) is 3.01. The summed E-state index contributed by atoms with van der Waals surface area (Å²) < 4.78 is 0. The maximum Gasteiger partial charge on any atom is 0.0351 e. The minimum Gasteiger partial charge on any atom is -0.315 e. The van der Waals surface area contributed by atoms with Gasteiger partial charge in [0.15, 0.2) is 0 Å². The number of rotatable bonds is 3. The Morgan fingerprint density at radius 2 is 1.76 bits per heavy atom. The van der Waals surface area contributed by atoms with Crippen LogP contribution in [-0.4, -0.2) is 61.7 Å². The number of hydrogen-bond acceptors (Lipinski definition) is 3. The summed E-state index contributed by atoms with van der Waals surface area (Å²) in [5.41, 5.74) is 0. The zero-order valence-corrected chi connectivity index (χ0v) is 11.0. The van der Waals surface area contributed by atoms with Crippen molar-refractivity contribution in [2.24, 2.45) is 5.92 Å². The fraction of sp³-hybridized carbons (Fsp3) is 1.00. The molecular formula is C14H27N3. The maximum atomic E-state index is 3.49. The number of nitrogens with zero attached hydrogens (tertiary/aromatic N) is 2. The summed E-state index contributed by atoms with van der Waals surface area (Å²) in [6.07, 6.45) is 7.29. The Balaban J connectivity index is 1.38. The van der Waals surface area contributed by atoms with Crippen LogP contribution in [-0.2, 0) is 0 Å². The molecule has 2 saturated heterocycles. The van der Waals surface area contributed by atoms with Gasteiger partial charge in [-0.1, -0.05) is 12.8 Å². The molecule has 2 aliphatic heterocycles. The van der Waals surface area contributed by atoms with Gasteiger partial charge in [0, 0.05) is 38.8 Å². The average Bonchev–Trinajstić information content (AvgIpc) is 2.65. The van der Waals surface area contributed by atoms with Crippen LogP contribution in [0.2, 0.25) is 0 Å². The lowest BCUT2D eigenvalue weighted by Crippen LogP contribution is -2.60. The summed E-state index contributed by atoms with van der Waals surface area (Å²) in [4.78, 5) is 5.41. The molecule has 3 heteroatoms. The van der Waals surface area contributed by atoms with Crippen molar-refractivity contribution >= 4 is 0 Å². The van der Waals surface area contributed by atoms with Gasteiger partial charge in [-0.2, -0.15) is 0 Å². The molecule has 0 amide bonds. The van der Waals surface area contributed by atoms with Crippen LogP contribution in [0.4, 0.5) is 0 Å². The predicted molar refractivity (Wildman–Crippen MR) is 71.2 cm³/mol. The summed E-state index contributed by atoms with van der Waals surface area (Å²) in [5.74, 6) is 1.03. The van der Waals surface area contributed by atoms with Crippen molar-refractivity contribution in [1.82, 2.24) is 15.1 Å². The molecule has 17 heavy (non-hydrogen) atoms. The highest BCUT2D eigenvalue weighted by atomic mass is 15.3. The van der Waals surface area contributed by atoms with E-state index in [1.807, 2.05) is 0 Å². The molecule has 98 valence electrons. The second kappa shape index (κ2) is 5.68. The molecule has 1 N–H and O–H groups in total. The lowest BCUT2D eigenvalue weighted by molar-refractivity contribution is 0.0277. The van der Waals surface area contributed by atoms with Crippen LogP contribution in [0.15, 0.2) is 0 Å². The van der Waals surface area contributed by atoms with Crippen LogP contribution >= 0.6 is 0 Å². The van der Waals surface area contributed by atoms with Gasteiger partial charge in [-0.15, -0.1) is 0 Å². The lowest BCUT2D eigenvalue weighted by atomic mass is 10.0. The molecule has 0 unspecified atom stereocenters. The topological polar surface area (TPSA) is 18.5 Å². The first-order valence-electron chi connectivity index (χ1n) is 7.59. The zero-order valence-electron chi connectivity index (χ0n) is 11.0. The Morgan fingerprint density at radius 3 is 2.59 bits per heavy atom. The predicted octanol–water partition coefficient (Wildman–Crippen LogP) is 1.16. The Hall–Kier alpha value is -0.120. The SMILES string of the molecule is C1CCC(CN2CC(N3CCCNCC3)C2)C1. The summed E-state index contributed by atoms with van der Waals surface area (Å²) >= 11 is 0. The molecular weight excluding hydrogens is 210 g/mol. The van der Waals surface area contributed by atoms with E-state index in [4.69, 9.17) is 0 Å². The van der Waals surface area contributed by atoms with Crippen molar-refractivity contribution < 1.29 is 0 Å². The van der Waals surface area contributed by atoms with E-state index < -0.39 is 0 Å². The largest absolute Gasteiger partial charge is 0.315 e. The van der Waals surface area contributed by atoms with Crippen LogP contribution < -0.4 is 5.32 Å². The first-order chi connectivity index (χ1) is 8.42. The van der Waals surface area contributed by atoms with Crippen molar-refractivity contribution in [3.8, 4) is 0 Å². The summed E-state index contributed by atoms with van der Waals surface area (Å²) in [5, 5.41) is 3.49. The van der Waals surface area contributed by atoms with Crippen molar-refractivity contribution in [2.75, 3.05) is 45.8 Å². The smallest absolute Gasteiger partial charge is 0.0351 e. The third-order valence-electron chi connectivity index (χ3n) is 4.82. The molecule has 3 aliphatic rings. The fourth-order valence-electron chi connectivity index (χ4n) is 3.71. The normalized spacial score (nSPS) is 30.4. The summed E-state index contributed by atoms with van der Waals surface area (Å²) in [6, 6.07) is 0.872. The molecule has 0 aromatic heterocycles. The molecule has 1 saturated carbocycles. The van der Waals surface area contributed by atoms with E-state index >= 15 is 0 Å². The Labute approximate surface area is 106 Å². The van der Waals surface area contributed by atoms with Gasteiger partial charge in [-0.25, -0.2) is 0 Å². The van der Waals surface area contributed by atoms with Crippen molar-refractivity contribution in [1.29, 1.82) is 0 Å². The lowest BCUT2D eigenvalue weighted by Gasteiger charge is -2.46. The summed E-state index contributed by atoms with van der Waals surface area (Å²) in [6.45, 7) is 9.07. The van der Waals surface area contributed by atoms with E-state index in [0.717, 1.165) is 12.0 Å². The summed E-state index contributed by atoms with van der Waals surface area (Å²) in [7, 11) is 0. The molecule has 0 aromatic carbocycles. The van der Waals surface area contributed by atoms with E-state index in [9.17, 15) is 0 Å². The third-order valence-corrected chi connectivity index (χ3v) is 4.82. The van der Waals surface area contributed by atoms with E-state index in [-0.39, 0.29) is 0 Å². The van der Waals surface area contributed by atoms with E-state index in [0.29, 0.717) is 0 Å². The van der Waals surface area contributed by atoms with Gasteiger partial charge >= 0.3 is 0 Å². The van der Waals surface area contributed by atoms with Gasteiger partial charge < -0.3 is 5.32 Å². The number of likely N-dealkylation sites (tertiary alicyclic amines) is 1. The molecule has 0 bridgehead atoms. The van der Waals surface area contributed by atoms with Crippen molar-refractivity contribution in [3.05, 3.63) is 0 Å². The van der Waals surface area contributed by atoms with E-state index in [2.05, 4.69) is 15.1 Å². The molecule has 3 nitrogen and oxygen atoms in total. The van der Waals surface area contributed by atoms with Gasteiger partial charge in [0.1, 0.15) is 0 Å². The van der Waals surface area contributed by atoms with Gasteiger partial charge in [0.2, 0.25) is 0 Å². The van der Waals surface area contributed by atoms with Crippen molar-refractivity contribution in [2.45, 2.75) is 38.1 Å². The van der Waals surface area contributed by atoms with Crippen LogP contribution in [0.25, 0.3) is 0 Å². The standard InChI is InChI=1S/C14H27N3/c1-2-5-13(4-1)10-16-11-14(12-16)17-8-3-6-15-7-9-17/h13-15H,1-12H2. The van der Waals surface area contributed by atoms with E-state index in [1.54, 1.807) is 0 Å². The average molecular weight is 237 g/mol. The van der Waals surface area contributed by atoms with Crippen LogP contribution in [0.1, 0.15) is 32.1 Å². The minimum absolute atomic E-state index is 0.872.